The second-order valence-electron chi connectivity index (χ2n) is 4.24. The van der Waals surface area contributed by atoms with Crippen molar-refractivity contribution in [1.82, 2.24) is 9.88 Å². The number of rotatable bonds is 3. The second-order valence-corrected chi connectivity index (χ2v) is 5.81. The van der Waals surface area contributed by atoms with Gasteiger partial charge >= 0.3 is 0 Å². The van der Waals surface area contributed by atoms with E-state index in [0.717, 1.165) is 10.9 Å². The highest BCUT2D eigenvalue weighted by molar-refractivity contribution is 9.10. The van der Waals surface area contributed by atoms with Gasteiger partial charge in [-0.25, -0.2) is 4.98 Å². The van der Waals surface area contributed by atoms with Crippen LogP contribution in [0.2, 0.25) is 0 Å². The van der Waals surface area contributed by atoms with E-state index in [1.165, 1.54) is 0 Å². The summed E-state index contributed by atoms with van der Waals surface area (Å²) in [5.41, 5.74) is 0. The van der Waals surface area contributed by atoms with Gasteiger partial charge in [0.15, 0.2) is 0 Å². The molecule has 0 bridgehead atoms. The van der Waals surface area contributed by atoms with Crippen LogP contribution in [0.1, 0.15) is 13.3 Å². The Morgan fingerprint density at radius 1 is 1.67 bits per heavy atom. The van der Waals surface area contributed by atoms with Gasteiger partial charge in [0, 0.05) is 29.7 Å². The van der Waals surface area contributed by atoms with Crippen LogP contribution in [0.3, 0.4) is 0 Å². The zero-order valence-corrected chi connectivity index (χ0v) is 12.3. The van der Waals surface area contributed by atoms with Gasteiger partial charge in [0.05, 0.1) is 6.54 Å². The lowest BCUT2D eigenvalue weighted by Gasteiger charge is -2.18. The predicted molar refractivity (Wildman–Crippen MR) is 72.9 cm³/mol. The third-order valence-electron chi connectivity index (χ3n) is 2.78. The maximum atomic E-state index is 11.7. The van der Waals surface area contributed by atoms with Gasteiger partial charge in [-0.3, -0.25) is 4.79 Å². The Morgan fingerprint density at radius 2 is 2.44 bits per heavy atom. The van der Waals surface area contributed by atoms with E-state index in [1.807, 2.05) is 6.07 Å². The molecule has 1 aromatic heterocycles. The molecule has 2 unspecified atom stereocenters. The molecule has 2 atom stereocenters. The van der Waals surface area contributed by atoms with Crippen LogP contribution in [0.25, 0.3) is 0 Å². The Hall–Kier alpha value is -0.810. The monoisotopic (exact) mass is 332 g/mol. The van der Waals surface area contributed by atoms with Crippen LogP contribution in [0.15, 0.2) is 22.8 Å². The standard InChI is InChI=1S/C12H14BrClN2O2/c1-8(14)12(17)16-5-4-10(7-16)18-11-3-2-9(13)6-15-11/h2-3,6,8,10H,4-5,7H2,1H3. The van der Waals surface area contributed by atoms with Gasteiger partial charge in [0.25, 0.3) is 0 Å². The molecule has 4 nitrogen and oxygen atoms in total. The highest BCUT2D eigenvalue weighted by Gasteiger charge is 2.29. The largest absolute Gasteiger partial charge is 0.472 e. The smallest absolute Gasteiger partial charge is 0.240 e. The second kappa shape index (κ2) is 5.89. The Balaban J connectivity index is 1.90. The highest BCUT2D eigenvalue weighted by Crippen LogP contribution is 2.19. The van der Waals surface area contributed by atoms with E-state index >= 15 is 0 Å². The molecule has 18 heavy (non-hydrogen) atoms. The molecule has 6 heteroatoms. The first kappa shape index (κ1) is 13.6. The van der Waals surface area contributed by atoms with Crippen LogP contribution in [-0.2, 0) is 4.79 Å². The summed E-state index contributed by atoms with van der Waals surface area (Å²) in [6, 6.07) is 3.68. The molecule has 0 radical (unpaired) electrons. The molecule has 1 aliphatic rings. The van der Waals surface area contributed by atoms with E-state index in [0.29, 0.717) is 19.0 Å². The molecule has 1 saturated heterocycles. The van der Waals surface area contributed by atoms with Crippen molar-refractivity contribution in [2.45, 2.75) is 24.8 Å². The van der Waals surface area contributed by atoms with Gasteiger partial charge < -0.3 is 9.64 Å². The summed E-state index contributed by atoms with van der Waals surface area (Å²) in [6.07, 6.45) is 2.50. The number of hydrogen-bond acceptors (Lipinski definition) is 3. The first-order valence-electron chi connectivity index (χ1n) is 5.77. The van der Waals surface area contributed by atoms with Crippen molar-refractivity contribution in [2.24, 2.45) is 0 Å². The molecule has 98 valence electrons. The number of amides is 1. The highest BCUT2D eigenvalue weighted by atomic mass is 79.9. The van der Waals surface area contributed by atoms with Crippen LogP contribution in [0.5, 0.6) is 5.88 Å². The zero-order valence-electron chi connectivity index (χ0n) is 9.97. The molecule has 0 N–H and O–H groups in total. The Bertz CT molecular complexity index is 425. The van der Waals surface area contributed by atoms with Crippen molar-refractivity contribution < 1.29 is 9.53 Å². The molecule has 0 aromatic carbocycles. The lowest BCUT2D eigenvalue weighted by atomic mass is 10.3. The average molecular weight is 334 g/mol. The fourth-order valence-corrected chi connectivity index (χ4v) is 2.25. The summed E-state index contributed by atoms with van der Waals surface area (Å²) in [7, 11) is 0. The molecular formula is C12H14BrClN2O2. The topological polar surface area (TPSA) is 42.4 Å². The fraction of sp³-hybridized carbons (Fsp3) is 0.500. The SMILES string of the molecule is CC(Cl)C(=O)N1CCC(Oc2ccc(Br)cn2)C1. The maximum Gasteiger partial charge on any atom is 0.240 e. The van der Waals surface area contributed by atoms with Crippen LogP contribution in [-0.4, -0.2) is 40.4 Å². The van der Waals surface area contributed by atoms with E-state index in [4.69, 9.17) is 16.3 Å². The van der Waals surface area contributed by atoms with Crippen LogP contribution in [0, 0.1) is 0 Å². The average Bonchev–Trinajstić information content (AvgIpc) is 2.79. The van der Waals surface area contributed by atoms with E-state index < -0.39 is 5.38 Å². The fourth-order valence-electron chi connectivity index (χ4n) is 1.88. The molecule has 0 spiro atoms. The number of hydrogen-bond donors (Lipinski definition) is 0. The van der Waals surface area contributed by atoms with Gasteiger partial charge in [0.2, 0.25) is 11.8 Å². The van der Waals surface area contributed by atoms with E-state index in [9.17, 15) is 4.79 Å². The summed E-state index contributed by atoms with van der Waals surface area (Å²) in [5.74, 6) is 0.544. The van der Waals surface area contributed by atoms with Gasteiger partial charge in [-0.1, -0.05) is 0 Å². The summed E-state index contributed by atoms with van der Waals surface area (Å²) >= 11 is 9.10. The Kier molecular flexibility index (Phi) is 4.45. The van der Waals surface area contributed by atoms with Gasteiger partial charge in [0.1, 0.15) is 11.5 Å². The first-order valence-corrected chi connectivity index (χ1v) is 7.00. The third kappa shape index (κ3) is 3.36. The lowest BCUT2D eigenvalue weighted by Crippen LogP contribution is -2.35. The summed E-state index contributed by atoms with van der Waals surface area (Å²) in [4.78, 5) is 17.6. The summed E-state index contributed by atoms with van der Waals surface area (Å²) in [5, 5.41) is -0.477. The summed E-state index contributed by atoms with van der Waals surface area (Å²) in [6.45, 7) is 2.96. The van der Waals surface area contributed by atoms with Crippen LogP contribution < -0.4 is 4.74 Å². The van der Waals surface area contributed by atoms with Crippen molar-refractivity contribution in [3.05, 3.63) is 22.8 Å². The van der Waals surface area contributed by atoms with Crippen LogP contribution >= 0.6 is 27.5 Å². The number of likely N-dealkylation sites (tertiary alicyclic amines) is 1. The number of halogens is 2. The minimum atomic E-state index is -0.477. The van der Waals surface area contributed by atoms with E-state index in [2.05, 4.69) is 20.9 Å². The minimum Gasteiger partial charge on any atom is -0.472 e. The number of aromatic nitrogens is 1. The number of ether oxygens (including phenoxy) is 1. The van der Waals surface area contributed by atoms with E-state index in [-0.39, 0.29) is 12.0 Å². The predicted octanol–water partition coefficient (Wildman–Crippen LogP) is 2.45. The molecule has 1 amide bonds. The Labute approximate surface area is 119 Å². The number of alkyl halides is 1. The quantitative estimate of drug-likeness (QED) is 0.798. The van der Waals surface area contributed by atoms with Gasteiger partial charge in [-0.05, 0) is 28.9 Å². The van der Waals surface area contributed by atoms with Crippen LogP contribution in [0.4, 0.5) is 0 Å². The molecule has 1 aliphatic heterocycles. The van der Waals surface area contributed by atoms with Crippen molar-refractivity contribution in [3.63, 3.8) is 0 Å². The molecule has 1 aromatic rings. The summed E-state index contributed by atoms with van der Waals surface area (Å²) < 4.78 is 6.63. The van der Waals surface area contributed by atoms with E-state index in [1.54, 1.807) is 24.1 Å². The zero-order chi connectivity index (χ0) is 13.1. The number of carbonyl (C=O) groups is 1. The third-order valence-corrected chi connectivity index (χ3v) is 3.44. The van der Waals surface area contributed by atoms with Crippen molar-refractivity contribution in [3.8, 4) is 5.88 Å². The van der Waals surface area contributed by atoms with Gasteiger partial charge in [-0.2, -0.15) is 0 Å². The molecule has 2 rings (SSSR count). The number of nitrogens with zero attached hydrogens (tertiary/aromatic N) is 2. The molecule has 2 heterocycles. The number of carbonyl (C=O) groups excluding carboxylic acids is 1. The molecule has 0 saturated carbocycles. The van der Waals surface area contributed by atoms with Gasteiger partial charge in [-0.15, -0.1) is 11.6 Å². The number of pyridine rings is 1. The van der Waals surface area contributed by atoms with Crippen molar-refractivity contribution in [2.75, 3.05) is 13.1 Å². The molecule has 0 aliphatic carbocycles. The minimum absolute atomic E-state index is 0.00181. The Morgan fingerprint density at radius 3 is 3.06 bits per heavy atom. The lowest BCUT2D eigenvalue weighted by molar-refractivity contribution is -0.129. The normalized spacial score (nSPS) is 20.8. The van der Waals surface area contributed by atoms with Crippen molar-refractivity contribution in [1.29, 1.82) is 0 Å². The molecular weight excluding hydrogens is 320 g/mol. The first-order chi connectivity index (χ1) is 8.56. The maximum absolute atomic E-state index is 11.7. The van der Waals surface area contributed by atoms with Crippen molar-refractivity contribution >= 4 is 33.4 Å². The molecule has 1 fully saturated rings.